The number of fused-ring (bicyclic) bond motifs is 1. The largest absolute Gasteiger partial charge is 0.481 e. The molecule has 1 heterocycles. The summed E-state index contributed by atoms with van der Waals surface area (Å²) in [5.74, 6) is -0.649. The molecule has 1 N–H and O–H groups in total. The van der Waals surface area contributed by atoms with Gasteiger partial charge in [-0.1, -0.05) is 0 Å². The number of hydrogen-bond acceptors (Lipinski definition) is 5. The number of rotatable bonds is 3. The first-order chi connectivity index (χ1) is 9.84. The predicted octanol–water partition coefficient (Wildman–Crippen LogP) is 2.20. The minimum atomic E-state index is -3.28. The van der Waals surface area contributed by atoms with E-state index in [9.17, 15) is 13.2 Å². The second-order valence-electron chi connectivity index (χ2n) is 5.50. The molecule has 0 saturated heterocycles. The Labute approximate surface area is 121 Å². The average Bonchev–Trinajstić information content (AvgIpc) is 3.03. The van der Waals surface area contributed by atoms with E-state index in [2.05, 4.69) is 4.98 Å². The van der Waals surface area contributed by atoms with Gasteiger partial charge in [0.25, 0.3) is 0 Å². The van der Waals surface area contributed by atoms with Crippen molar-refractivity contribution >= 4 is 26.9 Å². The highest BCUT2D eigenvalue weighted by atomic mass is 32.2. The van der Waals surface area contributed by atoms with Crippen LogP contribution in [-0.2, 0) is 14.6 Å². The summed E-state index contributed by atoms with van der Waals surface area (Å²) in [6, 6.07) is 4.56. The summed E-state index contributed by atoms with van der Waals surface area (Å²) in [7, 11) is -3.28. The van der Waals surface area contributed by atoms with E-state index in [-0.39, 0.29) is 16.7 Å². The third-order valence-electron chi connectivity index (χ3n) is 3.93. The lowest BCUT2D eigenvalue weighted by atomic mass is 10.1. The number of aromatic nitrogens is 1. The third kappa shape index (κ3) is 2.65. The normalized spacial score (nSPS) is 22.7. The molecule has 2 atom stereocenters. The van der Waals surface area contributed by atoms with Gasteiger partial charge in [-0.2, -0.15) is 0 Å². The molecule has 0 spiro atoms. The summed E-state index contributed by atoms with van der Waals surface area (Å²) >= 11 is 0. The second-order valence-corrected chi connectivity index (χ2v) is 7.51. The molecule has 1 saturated carbocycles. The molecule has 1 aromatic heterocycles. The number of hydrogen-bond donors (Lipinski definition) is 1. The molecule has 21 heavy (non-hydrogen) atoms. The van der Waals surface area contributed by atoms with Crippen molar-refractivity contribution in [2.24, 2.45) is 5.92 Å². The van der Waals surface area contributed by atoms with E-state index in [0.717, 1.165) is 12.7 Å². The maximum Gasteiger partial charge on any atom is 0.306 e. The molecule has 1 aliphatic rings. The van der Waals surface area contributed by atoms with Gasteiger partial charge in [-0.05, 0) is 37.5 Å². The summed E-state index contributed by atoms with van der Waals surface area (Å²) in [6.45, 7) is 0. The van der Waals surface area contributed by atoms with Crippen LogP contribution in [0.4, 0.5) is 0 Å². The number of sulfone groups is 1. The monoisotopic (exact) mass is 309 g/mol. The van der Waals surface area contributed by atoms with Crippen molar-refractivity contribution in [2.45, 2.75) is 30.1 Å². The van der Waals surface area contributed by atoms with E-state index in [4.69, 9.17) is 9.52 Å². The second kappa shape index (κ2) is 4.84. The van der Waals surface area contributed by atoms with Crippen molar-refractivity contribution in [2.75, 3.05) is 6.26 Å². The molecule has 1 aromatic carbocycles. The van der Waals surface area contributed by atoms with Crippen LogP contribution in [0.2, 0.25) is 0 Å². The number of carboxylic acids is 1. The quantitative estimate of drug-likeness (QED) is 0.933. The first-order valence-corrected chi connectivity index (χ1v) is 8.57. The minimum Gasteiger partial charge on any atom is -0.481 e. The first kappa shape index (κ1) is 14.1. The van der Waals surface area contributed by atoms with Gasteiger partial charge in [-0.3, -0.25) is 4.79 Å². The van der Waals surface area contributed by atoms with Crippen LogP contribution in [0, 0.1) is 5.92 Å². The topological polar surface area (TPSA) is 97.5 Å². The molecule has 0 aliphatic heterocycles. The summed E-state index contributed by atoms with van der Waals surface area (Å²) in [6.07, 6.45) is 3.00. The number of benzene rings is 1. The number of carboxylic acid groups (broad SMARTS) is 1. The molecule has 3 rings (SSSR count). The maximum atomic E-state index is 11.5. The lowest BCUT2D eigenvalue weighted by Crippen LogP contribution is -2.09. The number of oxazole rings is 1. The van der Waals surface area contributed by atoms with E-state index in [1.165, 1.54) is 12.1 Å². The number of carbonyl (C=O) groups is 1. The molecule has 2 unspecified atom stereocenters. The van der Waals surface area contributed by atoms with Crippen LogP contribution < -0.4 is 0 Å². The fraction of sp³-hybridized carbons (Fsp3) is 0.429. The van der Waals surface area contributed by atoms with Crippen molar-refractivity contribution in [1.29, 1.82) is 0 Å². The van der Waals surface area contributed by atoms with Crippen LogP contribution in [-0.4, -0.2) is 30.7 Å². The van der Waals surface area contributed by atoms with Gasteiger partial charge in [0, 0.05) is 12.2 Å². The predicted molar refractivity (Wildman–Crippen MR) is 74.8 cm³/mol. The molecule has 6 nitrogen and oxygen atoms in total. The fourth-order valence-corrected chi connectivity index (χ4v) is 3.40. The highest BCUT2D eigenvalue weighted by Gasteiger charge is 2.33. The Kier molecular flexibility index (Phi) is 3.24. The molecule has 0 bridgehead atoms. The molecule has 7 heteroatoms. The van der Waals surface area contributed by atoms with Crippen LogP contribution >= 0.6 is 0 Å². The van der Waals surface area contributed by atoms with Crippen molar-refractivity contribution in [3.8, 4) is 0 Å². The van der Waals surface area contributed by atoms with E-state index in [0.29, 0.717) is 29.8 Å². The van der Waals surface area contributed by atoms with Crippen LogP contribution in [0.15, 0.2) is 27.5 Å². The van der Waals surface area contributed by atoms with Crippen molar-refractivity contribution in [1.82, 2.24) is 4.98 Å². The highest BCUT2D eigenvalue weighted by Crippen LogP contribution is 2.39. The van der Waals surface area contributed by atoms with Gasteiger partial charge >= 0.3 is 5.97 Å². The van der Waals surface area contributed by atoms with Crippen molar-refractivity contribution in [3.63, 3.8) is 0 Å². The molecular weight excluding hydrogens is 294 g/mol. The van der Waals surface area contributed by atoms with Gasteiger partial charge in [0.1, 0.15) is 5.52 Å². The molecule has 0 amide bonds. The van der Waals surface area contributed by atoms with E-state index in [1.807, 2.05) is 0 Å². The zero-order valence-electron chi connectivity index (χ0n) is 11.4. The first-order valence-electron chi connectivity index (χ1n) is 6.68. The lowest BCUT2D eigenvalue weighted by molar-refractivity contribution is -0.141. The SMILES string of the molecule is CS(=O)(=O)c1ccc2oc(C3CCC(C(=O)O)C3)nc2c1. The molecule has 1 fully saturated rings. The third-order valence-corrected chi connectivity index (χ3v) is 5.05. The van der Waals surface area contributed by atoms with Gasteiger partial charge in [0.15, 0.2) is 21.3 Å². The smallest absolute Gasteiger partial charge is 0.306 e. The molecule has 1 aliphatic carbocycles. The van der Waals surface area contributed by atoms with Crippen LogP contribution in [0.25, 0.3) is 11.1 Å². The minimum absolute atomic E-state index is 0.0137. The van der Waals surface area contributed by atoms with Crippen LogP contribution in [0.5, 0.6) is 0 Å². The number of aliphatic carboxylic acids is 1. The summed E-state index contributed by atoms with van der Waals surface area (Å²) in [5.41, 5.74) is 1.02. The summed E-state index contributed by atoms with van der Waals surface area (Å²) in [4.78, 5) is 15.5. The Bertz CT molecular complexity index is 808. The molecule has 112 valence electrons. The van der Waals surface area contributed by atoms with Gasteiger partial charge in [0.2, 0.25) is 0 Å². The number of nitrogens with zero attached hydrogens (tertiary/aromatic N) is 1. The Morgan fingerprint density at radius 2 is 2.14 bits per heavy atom. The Morgan fingerprint density at radius 1 is 1.38 bits per heavy atom. The molecule has 0 radical (unpaired) electrons. The van der Waals surface area contributed by atoms with E-state index >= 15 is 0 Å². The Hall–Kier alpha value is -1.89. The van der Waals surface area contributed by atoms with Gasteiger partial charge < -0.3 is 9.52 Å². The van der Waals surface area contributed by atoms with Gasteiger partial charge in [-0.25, -0.2) is 13.4 Å². The fourth-order valence-electron chi connectivity index (χ4n) is 2.76. The van der Waals surface area contributed by atoms with Crippen LogP contribution in [0.3, 0.4) is 0 Å². The van der Waals surface area contributed by atoms with Gasteiger partial charge in [-0.15, -0.1) is 0 Å². The zero-order chi connectivity index (χ0) is 15.2. The molecule has 2 aromatic rings. The highest BCUT2D eigenvalue weighted by molar-refractivity contribution is 7.90. The standard InChI is InChI=1S/C14H15NO5S/c1-21(18,19)10-4-5-12-11(7-10)15-13(20-12)8-2-3-9(6-8)14(16)17/h4-5,7-9H,2-3,6H2,1H3,(H,16,17). The zero-order valence-corrected chi connectivity index (χ0v) is 12.3. The summed E-state index contributed by atoms with van der Waals surface area (Å²) < 4.78 is 28.7. The van der Waals surface area contributed by atoms with Crippen molar-refractivity contribution in [3.05, 3.63) is 24.1 Å². The van der Waals surface area contributed by atoms with Crippen molar-refractivity contribution < 1.29 is 22.7 Å². The van der Waals surface area contributed by atoms with Gasteiger partial charge in [0.05, 0.1) is 10.8 Å². The molecular formula is C14H15NO5S. The van der Waals surface area contributed by atoms with E-state index < -0.39 is 15.8 Å². The average molecular weight is 309 g/mol. The maximum absolute atomic E-state index is 11.5. The Morgan fingerprint density at radius 3 is 2.76 bits per heavy atom. The Balaban J connectivity index is 1.93. The van der Waals surface area contributed by atoms with E-state index in [1.54, 1.807) is 6.07 Å². The summed E-state index contributed by atoms with van der Waals surface area (Å²) in [5, 5.41) is 9.03. The van der Waals surface area contributed by atoms with Crippen LogP contribution in [0.1, 0.15) is 31.1 Å². The lowest BCUT2D eigenvalue weighted by Gasteiger charge is -2.03.